The van der Waals surface area contributed by atoms with E-state index in [1.807, 2.05) is 6.92 Å². The quantitative estimate of drug-likeness (QED) is 0.927. The Balaban J connectivity index is 1.83. The Bertz CT molecular complexity index is 559. The Morgan fingerprint density at radius 2 is 2.24 bits per heavy atom. The standard InChI is InChI=1S/C15H18F2N2O2/c1-15(5-2-6-21-15)9-19-13(20)8-18-14(19)10-3-4-11(16)12(17)7-10/h3-4,7,14,18H,2,5-6,8-9H2,1H3. The van der Waals surface area contributed by atoms with Crippen LogP contribution in [0.25, 0.3) is 0 Å². The lowest BCUT2D eigenvalue weighted by Crippen LogP contribution is -2.43. The number of halogens is 2. The summed E-state index contributed by atoms with van der Waals surface area (Å²) in [6.45, 7) is 3.32. The predicted octanol–water partition coefficient (Wildman–Crippen LogP) is 1.96. The highest BCUT2D eigenvalue weighted by Gasteiger charge is 2.39. The minimum atomic E-state index is -0.906. The minimum absolute atomic E-state index is 0.0542. The summed E-state index contributed by atoms with van der Waals surface area (Å²) in [7, 11) is 0. The van der Waals surface area contributed by atoms with Gasteiger partial charge in [0, 0.05) is 6.61 Å². The summed E-state index contributed by atoms with van der Waals surface area (Å²) in [5.74, 6) is -1.85. The molecule has 0 aliphatic carbocycles. The van der Waals surface area contributed by atoms with Gasteiger partial charge in [0.25, 0.3) is 0 Å². The molecule has 4 nitrogen and oxygen atoms in total. The van der Waals surface area contributed by atoms with Gasteiger partial charge < -0.3 is 9.64 Å². The van der Waals surface area contributed by atoms with Gasteiger partial charge in [0.2, 0.25) is 5.91 Å². The van der Waals surface area contributed by atoms with Gasteiger partial charge >= 0.3 is 0 Å². The molecule has 21 heavy (non-hydrogen) atoms. The Labute approximate surface area is 122 Å². The largest absolute Gasteiger partial charge is 0.373 e. The van der Waals surface area contributed by atoms with E-state index in [1.165, 1.54) is 6.07 Å². The number of benzene rings is 1. The molecular formula is C15H18F2N2O2. The molecule has 2 aliphatic rings. The number of carbonyl (C=O) groups excluding carboxylic acids is 1. The van der Waals surface area contributed by atoms with E-state index < -0.39 is 17.8 Å². The lowest BCUT2D eigenvalue weighted by Gasteiger charge is -2.33. The number of amides is 1. The molecule has 2 saturated heterocycles. The van der Waals surface area contributed by atoms with Gasteiger partial charge in [-0.2, -0.15) is 0 Å². The third-order valence-corrected chi connectivity index (χ3v) is 4.14. The maximum Gasteiger partial charge on any atom is 0.238 e. The van der Waals surface area contributed by atoms with Crippen molar-refractivity contribution in [2.45, 2.75) is 31.5 Å². The van der Waals surface area contributed by atoms with Crippen LogP contribution in [0.15, 0.2) is 18.2 Å². The molecule has 1 aromatic rings. The van der Waals surface area contributed by atoms with E-state index in [0.717, 1.165) is 25.0 Å². The number of nitrogens with one attached hydrogen (secondary N) is 1. The molecule has 6 heteroatoms. The number of nitrogens with zero attached hydrogens (tertiary/aromatic N) is 1. The van der Waals surface area contributed by atoms with Crippen molar-refractivity contribution in [1.82, 2.24) is 10.2 Å². The van der Waals surface area contributed by atoms with Crippen LogP contribution in [0.3, 0.4) is 0 Å². The predicted molar refractivity (Wildman–Crippen MR) is 72.4 cm³/mol. The van der Waals surface area contributed by atoms with Crippen molar-refractivity contribution in [2.24, 2.45) is 0 Å². The third kappa shape index (κ3) is 2.78. The van der Waals surface area contributed by atoms with E-state index in [1.54, 1.807) is 4.90 Å². The Morgan fingerprint density at radius 3 is 2.90 bits per heavy atom. The number of hydrogen-bond acceptors (Lipinski definition) is 3. The monoisotopic (exact) mass is 296 g/mol. The molecule has 2 heterocycles. The number of hydrogen-bond donors (Lipinski definition) is 1. The van der Waals surface area contributed by atoms with Crippen molar-refractivity contribution in [2.75, 3.05) is 19.7 Å². The van der Waals surface area contributed by atoms with Crippen molar-refractivity contribution in [3.63, 3.8) is 0 Å². The van der Waals surface area contributed by atoms with Gasteiger partial charge in [-0.25, -0.2) is 8.78 Å². The summed E-state index contributed by atoms with van der Waals surface area (Å²) in [6.07, 6.45) is 1.43. The van der Waals surface area contributed by atoms with E-state index in [4.69, 9.17) is 4.74 Å². The Kier molecular flexibility index (Phi) is 3.67. The van der Waals surface area contributed by atoms with Gasteiger partial charge in [0.1, 0.15) is 6.17 Å². The van der Waals surface area contributed by atoms with Crippen LogP contribution in [-0.2, 0) is 9.53 Å². The first kappa shape index (κ1) is 14.4. The maximum atomic E-state index is 13.4. The van der Waals surface area contributed by atoms with Crippen molar-refractivity contribution in [3.05, 3.63) is 35.4 Å². The first-order chi connectivity index (χ1) is 9.98. The molecule has 0 aromatic heterocycles. The molecule has 114 valence electrons. The van der Waals surface area contributed by atoms with Gasteiger partial charge in [-0.05, 0) is 37.5 Å². The van der Waals surface area contributed by atoms with Gasteiger partial charge in [-0.1, -0.05) is 6.07 Å². The molecule has 2 fully saturated rings. The lowest BCUT2D eigenvalue weighted by molar-refractivity contribution is -0.131. The van der Waals surface area contributed by atoms with E-state index in [9.17, 15) is 13.6 Å². The average Bonchev–Trinajstić information content (AvgIpc) is 3.02. The third-order valence-electron chi connectivity index (χ3n) is 4.14. The number of ether oxygens (including phenoxy) is 1. The van der Waals surface area contributed by atoms with Crippen LogP contribution in [0.4, 0.5) is 8.78 Å². The molecule has 2 atom stereocenters. The van der Waals surface area contributed by atoms with Crippen molar-refractivity contribution in [3.8, 4) is 0 Å². The summed E-state index contributed by atoms with van der Waals surface area (Å²) in [6, 6.07) is 3.72. The summed E-state index contributed by atoms with van der Waals surface area (Å²) in [5, 5.41) is 3.04. The molecule has 0 saturated carbocycles. The maximum absolute atomic E-state index is 13.4. The van der Waals surface area contributed by atoms with Crippen LogP contribution in [0.2, 0.25) is 0 Å². The molecule has 3 rings (SSSR count). The van der Waals surface area contributed by atoms with Gasteiger partial charge in [0.15, 0.2) is 11.6 Å². The molecule has 0 radical (unpaired) electrons. The minimum Gasteiger partial charge on any atom is -0.373 e. The number of carbonyl (C=O) groups is 1. The van der Waals surface area contributed by atoms with Crippen LogP contribution < -0.4 is 5.32 Å². The second-order valence-corrected chi connectivity index (χ2v) is 5.88. The zero-order valence-electron chi connectivity index (χ0n) is 11.9. The fourth-order valence-electron chi connectivity index (χ4n) is 3.02. The van der Waals surface area contributed by atoms with Gasteiger partial charge in [-0.15, -0.1) is 0 Å². The van der Waals surface area contributed by atoms with Gasteiger partial charge in [0.05, 0.1) is 18.7 Å². The number of rotatable bonds is 3. The molecule has 2 aliphatic heterocycles. The SMILES string of the molecule is CC1(CN2C(=O)CNC2c2ccc(F)c(F)c2)CCCO1. The second-order valence-electron chi connectivity index (χ2n) is 5.88. The summed E-state index contributed by atoms with van der Waals surface area (Å²) in [5.41, 5.74) is 0.180. The second kappa shape index (κ2) is 5.35. The highest BCUT2D eigenvalue weighted by atomic mass is 19.2. The van der Waals surface area contributed by atoms with Crippen molar-refractivity contribution < 1.29 is 18.3 Å². The average molecular weight is 296 g/mol. The highest BCUT2D eigenvalue weighted by Crippen LogP contribution is 2.31. The molecule has 1 aromatic carbocycles. The topological polar surface area (TPSA) is 41.6 Å². The van der Waals surface area contributed by atoms with Crippen molar-refractivity contribution >= 4 is 5.91 Å². The fourth-order valence-corrected chi connectivity index (χ4v) is 3.02. The first-order valence-corrected chi connectivity index (χ1v) is 7.10. The van der Waals surface area contributed by atoms with Crippen LogP contribution in [-0.4, -0.2) is 36.1 Å². The van der Waals surface area contributed by atoms with Crippen LogP contribution in [0, 0.1) is 11.6 Å². The van der Waals surface area contributed by atoms with E-state index >= 15 is 0 Å². The highest BCUT2D eigenvalue weighted by molar-refractivity contribution is 5.81. The normalized spacial score (nSPS) is 29.4. The zero-order chi connectivity index (χ0) is 15.0. The smallest absolute Gasteiger partial charge is 0.238 e. The fraction of sp³-hybridized carbons (Fsp3) is 0.533. The molecule has 0 spiro atoms. The zero-order valence-corrected chi connectivity index (χ0v) is 11.9. The van der Waals surface area contributed by atoms with E-state index in [2.05, 4.69) is 5.32 Å². The molecule has 1 amide bonds. The summed E-state index contributed by atoms with van der Waals surface area (Å²) in [4.78, 5) is 13.7. The van der Waals surface area contributed by atoms with Crippen molar-refractivity contribution in [1.29, 1.82) is 0 Å². The van der Waals surface area contributed by atoms with Crippen LogP contribution in [0.1, 0.15) is 31.5 Å². The Hall–Kier alpha value is -1.53. The first-order valence-electron chi connectivity index (χ1n) is 7.10. The van der Waals surface area contributed by atoms with Gasteiger partial charge in [-0.3, -0.25) is 10.1 Å². The lowest BCUT2D eigenvalue weighted by atomic mass is 10.0. The van der Waals surface area contributed by atoms with E-state index in [-0.39, 0.29) is 18.1 Å². The van der Waals surface area contributed by atoms with E-state index in [0.29, 0.717) is 18.7 Å². The molecule has 2 unspecified atom stereocenters. The van der Waals surface area contributed by atoms with Crippen LogP contribution in [0.5, 0.6) is 0 Å². The summed E-state index contributed by atoms with van der Waals surface area (Å²) < 4.78 is 32.2. The Morgan fingerprint density at radius 1 is 1.43 bits per heavy atom. The summed E-state index contributed by atoms with van der Waals surface area (Å²) >= 11 is 0. The molecule has 1 N–H and O–H groups in total. The molecule has 0 bridgehead atoms. The molecular weight excluding hydrogens is 278 g/mol. The van der Waals surface area contributed by atoms with Crippen LogP contribution >= 0.6 is 0 Å².